The van der Waals surface area contributed by atoms with E-state index in [1.54, 1.807) is 11.8 Å². The van der Waals surface area contributed by atoms with Crippen LogP contribution in [0.1, 0.15) is 42.5 Å². The lowest BCUT2D eigenvalue weighted by atomic mass is 9.88. The van der Waals surface area contributed by atoms with E-state index in [4.69, 9.17) is 4.74 Å². The van der Waals surface area contributed by atoms with Crippen LogP contribution in [0, 0.1) is 13.8 Å². The molecule has 0 saturated heterocycles. The predicted molar refractivity (Wildman–Crippen MR) is 87.0 cm³/mol. The summed E-state index contributed by atoms with van der Waals surface area (Å²) in [7, 11) is 0. The summed E-state index contributed by atoms with van der Waals surface area (Å²) in [4.78, 5) is 0. The van der Waals surface area contributed by atoms with Gasteiger partial charge in [-0.25, -0.2) is 0 Å². The van der Waals surface area contributed by atoms with Gasteiger partial charge in [0.1, 0.15) is 17.1 Å². The highest BCUT2D eigenvalue weighted by atomic mass is 32.2. The van der Waals surface area contributed by atoms with Crippen LogP contribution in [0.4, 0.5) is 0 Å². The Balaban J connectivity index is 2.47. The van der Waals surface area contributed by atoms with Crippen molar-refractivity contribution in [3.8, 4) is 11.5 Å². The number of rotatable bonds is 4. The van der Waals surface area contributed by atoms with Crippen LogP contribution in [0.3, 0.4) is 0 Å². The Morgan fingerprint density at radius 1 is 1.35 bits per heavy atom. The number of phenols is 1. The summed E-state index contributed by atoms with van der Waals surface area (Å²) in [5.41, 5.74) is 4.14. The van der Waals surface area contributed by atoms with Crippen molar-refractivity contribution < 1.29 is 9.84 Å². The van der Waals surface area contributed by atoms with Crippen molar-refractivity contribution in [2.45, 2.75) is 51.9 Å². The molecule has 0 unspecified atom stereocenters. The molecule has 2 nitrogen and oxygen atoms in total. The van der Waals surface area contributed by atoms with Gasteiger partial charge in [-0.3, -0.25) is 0 Å². The fourth-order valence-corrected chi connectivity index (χ4v) is 3.44. The fourth-order valence-electron chi connectivity index (χ4n) is 2.64. The number of phenolic OH excluding ortho intramolecular Hbond substituents is 1. The summed E-state index contributed by atoms with van der Waals surface area (Å²) in [5, 5.41) is 10.5. The number of hydrogen-bond acceptors (Lipinski definition) is 3. The first-order valence-electron chi connectivity index (χ1n) is 7.09. The Hall–Kier alpha value is -1.09. The van der Waals surface area contributed by atoms with Gasteiger partial charge >= 0.3 is 0 Å². The van der Waals surface area contributed by atoms with Crippen molar-refractivity contribution in [1.29, 1.82) is 0 Å². The number of aromatic hydroxyl groups is 1. The van der Waals surface area contributed by atoms with Gasteiger partial charge in [0.25, 0.3) is 0 Å². The Morgan fingerprint density at radius 3 is 2.70 bits per heavy atom. The Bertz CT molecular complexity index is 533. The number of ether oxygens (including phenoxy) is 1. The lowest BCUT2D eigenvalue weighted by Crippen LogP contribution is -2.33. The highest BCUT2D eigenvalue weighted by molar-refractivity contribution is 7.98. The highest BCUT2D eigenvalue weighted by Gasteiger charge is 2.31. The van der Waals surface area contributed by atoms with E-state index in [2.05, 4.69) is 20.4 Å². The van der Waals surface area contributed by atoms with Crippen molar-refractivity contribution in [2.75, 3.05) is 5.75 Å². The average molecular weight is 292 g/mol. The highest BCUT2D eigenvalue weighted by Crippen LogP contribution is 2.44. The first kappa shape index (κ1) is 15.3. The standard InChI is InChI=1S/C17H24O2S/c1-6-9-20-10-14-13-7-8-17(4,5)19-16(13)12(3)11(2)15(14)18/h6,18H,1,7-10H2,2-5H3. The molecular formula is C17H24O2S. The Kier molecular flexibility index (Phi) is 4.38. The van der Waals surface area contributed by atoms with E-state index in [1.165, 1.54) is 5.56 Å². The van der Waals surface area contributed by atoms with E-state index < -0.39 is 0 Å². The smallest absolute Gasteiger partial charge is 0.127 e. The van der Waals surface area contributed by atoms with Crippen LogP contribution < -0.4 is 4.74 Å². The largest absolute Gasteiger partial charge is 0.507 e. The fraction of sp³-hybridized carbons (Fsp3) is 0.529. The van der Waals surface area contributed by atoms with Crippen molar-refractivity contribution in [1.82, 2.24) is 0 Å². The van der Waals surface area contributed by atoms with Gasteiger partial charge in [0.05, 0.1) is 0 Å². The molecule has 0 fully saturated rings. The Labute approximate surface area is 126 Å². The van der Waals surface area contributed by atoms with Crippen molar-refractivity contribution in [2.24, 2.45) is 0 Å². The molecule has 0 aromatic heterocycles. The van der Waals surface area contributed by atoms with Crippen molar-refractivity contribution in [3.63, 3.8) is 0 Å². The molecule has 1 aliphatic heterocycles. The van der Waals surface area contributed by atoms with E-state index >= 15 is 0 Å². The second-order valence-electron chi connectivity index (χ2n) is 6.05. The van der Waals surface area contributed by atoms with Crippen molar-refractivity contribution >= 4 is 11.8 Å². The van der Waals surface area contributed by atoms with Crippen molar-refractivity contribution in [3.05, 3.63) is 34.9 Å². The summed E-state index contributed by atoms with van der Waals surface area (Å²) in [6.45, 7) is 12.0. The third-order valence-corrected chi connectivity index (χ3v) is 4.98. The number of hydrogen-bond donors (Lipinski definition) is 1. The van der Waals surface area contributed by atoms with Crippen LogP contribution in [0.2, 0.25) is 0 Å². The summed E-state index contributed by atoms with van der Waals surface area (Å²) < 4.78 is 6.19. The molecule has 0 radical (unpaired) electrons. The second kappa shape index (κ2) is 5.72. The van der Waals surface area contributed by atoms with Gasteiger partial charge in [-0.05, 0) is 51.7 Å². The molecule has 0 spiro atoms. The average Bonchev–Trinajstić information content (AvgIpc) is 2.40. The second-order valence-corrected chi connectivity index (χ2v) is 7.08. The van der Waals surface area contributed by atoms with Crippen LogP contribution in [-0.4, -0.2) is 16.5 Å². The van der Waals surface area contributed by atoms with Crippen LogP contribution in [0.5, 0.6) is 11.5 Å². The van der Waals surface area contributed by atoms with E-state index in [1.807, 2.05) is 19.9 Å². The lowest BCUT2D eigenvalue weighted by molar-refractivity contribution is 0.0831. The summed E-state index contributed by atoms with van der Waals surface area (Å²) >= 11 is 1.77. The predicted octanol–water partition coefficient (Wildman–Crippen LogP) is 4.53. The minimum absolute atomic E-state index is 0.118. The zero-order valence-corrected chi connectivity index (χ0v) is 13.7. The lowest BCUT2D eigenvalue weighted by Gasteiger charge is -2.35. The SMILES string of the molecule is C=CCSCc1c(O)c(C)c(C)c2c1CCC(C)(C)O2. The molecule has 0 aliphatic carbocycles. The van der Waals surface area contributed by atoms with Crippen LogP contribution in [0.25, 0.3) is 0 Å². The molecular weight excluding hydrogens is 268 g/mol. The van der Waals surface area contributed by atoms with Crippen LogP contribution >= 0.6 is 11.8 Å². The molecule has 0 bridgehead atoms. The first-order valence-corrected chi connectivity index (χ1v) is 8.24. The summed E-state index contributed by atoms with van der Waals surface area (Å²) in [5.74, 6) is 3.14. The molecule has 0 amide bonds. The third-order valence-electron chi connectivity index (χ3n) is 4.02. The van der Waals surface area contributed by atoms with Gasteiger partial charge in [-0.1, -0.05) is 6.08 Å². The molecule has 2 rings (SSSR count). The molecule has 1 aromatic carbocycles. The first-order chi connectivity index (χ1) is 9.37. The maximum atomic E-state index is 10.5. The normalized spacial score (nSPS) is 16.4. The monoisotopic (exact) mass is 292 g/mol. The van der Waals surface area contributed by atoms with E-state index in [-0.39, 0.29) is 5.60 Å². The van der Waals surface area contributed by atoms with Crippen LogP contribution in [0.15, 0.2) is 12.7 Å². The molecule has 1 N–H and O–H groups in total. The van der Waals surface area contributed by atoms with E-state index in [9.17, 15) is 5.11 Å². The van der Waals surface area contributed by atoms with Gasteiger partial charge in [-0.2, -0.15) is 11.8 Å². The third kappa shape index (κ3) is 2.83. The molecule has 0 atom stereocenters. The summed E-state index contributed by atoms with van der Waals surface area (Å²) in [6, 6.07) is 0. The minimum atomic E-state index is -0.118. The number of benzene rings is 1. The maximum absolute atomic E-state index is 10.5. The maximum Gasteiger partial charge on any atom is 0.127 e. The zero-order valence-electron chi connectivity index (χ0n) is 12.9. The van der Waals surface area contributed by atoms with Crippen LogP contribution in [-0.2, 0) is 12.2 Å². The molecule has 3 heteroatoms. The molecule has 1 heterocycles. The Morgan fingerprint density at radius 2 is 2.05 bits per heavy atom. The number of thioether (sulfide) groups is 1. The molecule has 0 saturated carbocycles. The van der Waals surface area contributed by atoms with Gasteiger partial charge in [0.2, 0.25) is 0 Å². The van der Waals surface area contributed by atoms with Gasteiger partial charge in [0.15, 0.2) is 0 Å². The zero-order chi connectivity index (χ0) is 14.9. The van der Waals surface area contributed by atoms with Gasteiger partial charge in [-0.15, -0.1) is 6.58 Å². The van der Waals surface area contributed by atoms with E-state index in [0.29, 0.717) is 5.75 Å². The molecule has 1 aromatic rings. The quantitative estimate of drug-likeness (QED) is 0.653. The van der Waals surface area contributed by atoms with Gasteiger partial charge in [0, 0.05) is 22.6 Å². The molecule has 110 valence electrons. The van der Waals surface area contributed by atoms with E-state index in [0.717, 1.165) is 46.8 Å². The molecule has 20 heavy (non-hydrogen) atoms. The molecule has 1 aliphatic rings. The van der Waals surface area contributed by atoms with Gasteiger partial charge < -0.3 is 9.84 Å². The summed E-state index contributed by atoms with van der Waals surface area (Å²) in [6.07, 6.45) is 3.86. The topological polar surface area (TPSA) is 29.5 Å². The number of fused-ring (bicyclic) bond motifs is 1. The minimum Gasteiger partial charge on any atom is -0.507 e.